The van der Waals surface area contributed by atoms with Gasteiger partial charge in [0.15, 0.2) is 5.82 Å². The summed E-state index contributed by atoms with van der Waals surface area (Å²) >= 11 is 5.99. The van der Waals surface area contributed by atoms with Crippen molar-refractivity contribution in [3.05, 3.63) is 82.0 Å². The van der Waals surface area contributed by atoms with Crippen LogP contribution in [0.25, 0.3) is 0 Å². The zero-order valence-electron chi connectivity index (χ0n) is 18.6. The van der Waals surface area contributed by atoms with Crippen LogP contribution < -0.4 is 15.5 Å². The Labute approximate surface area is 202 Å². The SMILES string of the molecule is CC1=C(C(=O)Nc2ccc(Cl)cc2)[C@@H](c2ccccc2)n2nc(N3CCOCC3)c(C#N)c2N1. The van der Waals surface area contributed by atoms with Gasteiger partial charge in [-0.1, -0.05) is 41.9 Å². The highest BCUT2D eigenvalue weighted by Crippen LogP contribution is 2.40. The van der Waals surface area contributed by atoms with Crippen LogP contribution in [0.1, 0.15) is 24.1 Å². The summed E-state index contributed by atoms with van der Waals surface area (Å²) in [4.78, 5) is 15.6. The van der Waals surface area contributed by atoms with Crippen LogP contribution in [-0.4, -0.2) is 42.0 Å². The summed E-state index contributed by atoms with van der Waals surface area (Å²) in [5, 5.41) is 21.7. The first-order chi connectivity index (χ1) is 16.6. The Morgan fingerprint density at radius 1 is 1.18 bits per heavy atom. The number of morpholine rings is 1. The lowest BCUT2D eigenvalue weighted by Gasteiger charge is -2.30. The summed E-state index contributed by atoms with van der Waals surface area (Å²) in [6.45, 7) is 4.30. The van der Waals surface area contributed by atoms with Gasteiger partial charge in [-0.2, -0.15) is 10.4 Å². The molecule has 0 bridgehead atoms. The number of hydrogen-bond donors (Lipinski definition) is 2. The summed E-state index contributed by atoms with van der Waals surface area (Å²) in [6, 6.07) is 18.5. The van der Waals surface area contributed by atoms with E-state index in [2.05, 4.69) is 21.6 Å². The molecule has 3 heterocycles. The molecule has 3 aromatic rings. The Morgan fingerprint density at radius 3 is 2.56 bits per heavy atom. The summed E-state index contributed by atoms with van der Waals surface area (Å²) in [5.41, 5.74) is 3.18. The van der Waals surface area contributed by atoms with E-state index in [1.807, 2.05) is 37.3 Å². The molecule has 9 heteroatoms. The predicted octanol–water partition coefficient (Wildman–Crippen LogP) is 4.17. The Balaban J connectivity index is 1.60. The fourth-order valence-electron chi connectivity index (χ4n) is 4.37. The molecule has 2 aliphatic heterocycles. The van der Waals surface area contributed by atoms with Crippen LogP contribution in [0.15, 0.2) is 65.9 Å². The number of nitrogens with zero attached hydrogens (tertiary/aromatic N) is 4. The number of amides is 1. The van der Waals surface area contributed by atoms with Gasteiger partial charge in [0.25, 0.3) is 5.91 Å². The average molecular weight is 475 g/mol. The lowest BCUT2D eigenvalue weighted by Crippen LogP contribution is -2.37. The van der Waals surface area contributed by atoms with Gasteiger partial charge >= 0.3 is 0 Å². The molecular formula is C25H23ClN6O2. The van der Waals surface area contributed by atoms with Crippen molar-refractivity contribution >= 4 is 34.8 Å². The minimum Gasteiger partial charge on any atom is -0.378 e. The zero-order valence-corrected chi connectivity index (χ0v) is 19.3. The summed E-state index contributed by atoms with van der Waals surface area (Å²) in [5.74, 6) is 0.925. The topological polar surface area (TPSA) is 95.2 Å². The van der Waals surface area contributed by atoms with Crippen LogP contribution in [0.5, 0.6) is 0 Å². The molecule has 0 saturated carbocycles. The smallest absolute Gasteiger partial charge is 0.255 e. The highest BCUT2D eigenvalue weighted by molar-refractivity contribution is 6.30. The molecule has 0 spiro atoms. The van der Waals surface area contributed by atoms with Crippen molar-refractivity contribution in [3.8, 4) is 6.07 Å². The van der Waals surface area contributed by atoms with Crippen LogP contribution in [0, 0.1) is 11.3 Å². The van der Waals surface area contributed by atoms with Crippen molar-refractivity contribution < 1.29 is 9.53 Å². The van der Waals surface area contributed by atoms with Gasteiger partial charge in [0.05, 0.1) is 18.8 Å². The number of anilines is 3. The molecule has 0 unspecified atom stereocenters. The fraction of sp³-hybridized carbons (Fsp3) is 0.240. The van der Waals surface area contributed by atoms with Crippen molar-refractivity contribution in [2.75, 3.05) is 41.8 Å². The van der Waals surface area contributed by atoms with E-state index >= 15 is 0 Å². The summed E-state index contributed by atoms with van der Waals surface area (Å²) < 4.78 is 7.22. The van der Waals surface area contributed by atoms with E-state index in [9.17, 15) is 10.1 Å². The lowest BCUT2D eigenvalue weighted by molar-refractivity contribution is -0.113. The first-order valence-corrected chi connectivity index (χ1v) is 11.4. The molecule has 8 nitrogen and oxygen atoms in total. The Morgan fingerprint density at radius 2 is 1.88 bits per heavy atom. The van der Waals surface area contributed by atoms with Gasteiger partial charge in [0, 0.05) is 29.5 Å². The van der Waals surface area contributed by atoms with E-state index in [-0.39, 0.29) is 5.91 Å². The molecule has 34 heavy (non-hydrogen) atoms. The first-order valence-electron chi connectivity index (χ1n) is 11.0. The third-order valence-electron chi connectivity index (χ3n) is 6.00. The van der Waals surface area contributed by atoms with Crippen molar-refractivity contribution in [2.24, 2.45) is 0 Å². The number of nitriles is 1. The maximum atomic E-state index is 13.5. The predicted molar refractivity (Wildman–Crippen MR) is 131 cm³/mol. The van der Waals surface area contributed by atoms with Gasteiger partial charge in [-0.05, 0) is 36.8 Å². The van der Waals surface area contributed by atoms with Crippen molar-refractivity contribution in [1.82, 2.24) is 9.78 Å². The number of halogens is 1. The second kappa shape index (κ2) is 9.21. The van der Waals surface area contributed by atoms with Crippen LogP contribution in [0.2, 0.25) is 5.02 Å². The molecule has 1 atom stereocenters. The third-order valence-corrected chi connectivity index (χ3v) is 6.26. The van der Waals surface area contributed by atoms with Crippen LogP contribution in [0.4, 0.5) is 17.3 Å². The Kier molecular flexibility index (Phi) is 5.97. The minimum atomic E-state index is -0.508. The lowest BCUT2D eigenvalue weighted by atomic mass is 9.94. The van der Waals surface area contributed by atoms with E-state index in [0.717, 1.165) is 5.56 Å². The standard InChI is InChI=1S/C25H23ClN6O2/c1-16-21(25(33)29-19-9-7-18(26)8-10-19)22(17-5-3-2-4-6-17)32-23(28-16)20(15-27)24(30-32)31-11-13-34-14-12-31/h2-10,22,28H,11-14H2,1H3,(H,29,33)/t22-/m1/s1. The molecule has 1 amide bonds. The molecule has 2 N–H and O–H groups in total. The second-order valence-electron chi connectivity index (χ2n) is 8.14. The van der Waals surface area contributed by atoms with Crippen LogP contribution >= 0.6 is 11.6 Å². The number of carbonyl (C=O) groups excluding carboxylic acids is 1. The summed E-state index contributed by atoms with van der Waals surface area (Å²) in [6.07, 6.45) is 0. The number of fused-ring (bicyclic) bond motifs is 1. The quantitative estimate of drug-likeness (QED) is 0.589. The number of nitrogens with one attached hydrogen (secondary N) is 2. The van der Waals surface area contributed by atoms with Crippen LogP contribution in [-0.2, 0) is 9.53 Å². The molecule has 2 aliphatic rings. The number of aromatic nitrogens is 2. The molecule has 1 saturated heterocycles. The normalized spacial score (nSPS) is 17.6. The van der Waals surface area contributed by atoms with Crippen molar-refractivity contribution in [1.29, 1.82) is 5.26 Å². The highest BCUT2D eigenvalue weighted by atomic mass is 35.5. The van der Waals surface area contributed by atoms with Gasteiger partial charge < -0.3 is 20.3 Å². The van der Waals surface area contributed by atoms with Crippen molar-refractivity contribution in [2.45, 2.75) is 13.0 Å². The number of carbonyl (C=O) groups is 1. The fourth-order valence-corrected chi connectivity index (χ4v) is 4.50. The molecule has 1 aromatic heterocycles. The molecule has 1 fully saturated rings. The summed E-state index contributed by atoms with van der Waals surface area (Å²) in [7, 11) is 0. The van der Waals surface area contributed by atoms with Gasteiger partial charge in [-0.3, -0.25) is 4.79 Å². The molecular weight excluding hydrogens is 452 g/mol. The largest absolute Gasteiger partial charge is 0.378 e. The van der Waals surface area contributed by atoms with E-state index in [1.54, 1.807) is 28.9 Å². The van der Waals surface area contributed by atoms with Gasteiger partial charge in [0.2, 0.25) is 0 Å². The number of ether oxygens (including phenoxy) is 1. The van der Waals surface area contributed by atoms with E-state index in [4.69, 9.17) is 21.4 Å². The van der Waals surface area contributed by atoms with Gasteiger partial charge in [0.1, 0.15) is 23.5 Å². The van der Waals surface area contributed by atoms with Gasteiger partial charge in [-0.25, -0.2) is 4.68 Å². The van der Waals surface area contributed by atoms with Crippen LogP contribution in [0.3, 0.4) is 0 Å². The van der Waals surface area contributed by atoms with Crippen molar-refractivity contribution in [3.63, 3.8) is 0 Å². The number of hydrogen-bond acceptors (Lipinski definition) is 6. The number of rotatable bonds is 4. The average Bonchev–Trinajstić information content (AvgIpc) is 3.23. The first kappa shape index (κ1) is 22.0. The maximum absolute atomic E-state index is 13.5. The molecule has 5 rings (SSSR count). The highest BCUT2D eigenvalue weighted by Gasteiger charge is 2.36. The van der Waals surface area contributed by atoms with E-state index in [0.29, 0.717) is 65.5 Å². The Hall–Kier alpha value is -3.80. The maximum Gasteiger partial charge on any atom is 0.255 e. The molecule has 2 aromatic carbocycles. The monoisotopic (exact) mass is 474 g/mol. The molecule has 0 radical (unpaired) electrons. The minimum absolute atomic E-state index is 0.256. The number of benzene rings is 2. The van der Waals surface area contributed by atoms with E-state index in [1.165, 1.54) is 0 Å². The van der Waals surface area contributed by atoms with E-state index < -0.39 is 6.04 Å². The molecule has 0 aliphatic carbocycles. The van der Waals surface area contributed by atoms with Gasteiger partial charge in [-0.15, -0.1) is 0 Å². The third kappa shape index (κ3) is 4.00. The molecule has 172 valence electrons. The Bertz CT molecular complexity index is 1290. The second-order valence-corrected chi connectivity index (χ2v) is 8.58. The number of allylic oxidation sites excluding steroid dienone is 1. The zero-order chi connectivity index (χ0) is 23.7.